The van der Waals surface area contributed by atoms with Gasteiger partial charge in [0.1, 0.15) is 5.82 Å². The van der Waals surface area contributed by atoms with Crippen LogP contribution >= 0.6 is 27.3 Å². The summed E-state index contributed by atoms with van der Waals surface area (Å²) >= 11 is 5.26. The van der Waals surface area contributed by atoms with Gasteiger partial charge in [-0.1, -0.05) is 0 Å². The van der Waals surface area contributed by atoms with Gasteiger partial charge in [0.05, 0.1) is 21.7 Å². The number of hydrogen-bond acceptors (Lipinski definition) is 4. The number of halogens is 1. The van der Waals surface area contributed by atoms with Gasteiger partial charge in [-0.3, -0.25) is 0 Å². The van der Waals surface area contributed by atoms with Crippen molar-refractivity contribution in [3.05, 3.63) is 39.1 Å². The molecule has 0 saturated heterocycles. The fraction of sp³-hybridized carbons (Fsp3) is 0.400. The van der Waals surface area contributed by atoms with E-state index >= 15 is 0 Å². The molecule has 3 nitrogen and oxygen atoms in total. The van der Waals surface area contributed by atoms with Crippen molar-refractivity contribution >= 4 is 38.8 Å². The second-order valence-electron chi connectivity index (χ2n) is 4.59. The van der Waals surface area contributed by atoms with Crippen LogP contribution in [0.3, 0.4) is 0 Å². The number of nitrogens with one attached hydrogen (secondary N) is 1. The van der Waals surface area contributed by atoms with Crippen molar-refractivity contribution < 1.29 is 0 Å². The number of nitrogens with zero attached hydrogens (tertiary/aromatic N) is 2. The highest BCUT2D eigenvalue weighted by atomic mass is 79.9. The molecule has 0 aliphatic rings. The van der Waals surface area contributed by atoms with Crippen molar-refractivity contribution in [1.82, 2.24) is 4.98 Å². The molecule has 5 heteroatoms. The van der Waals surface area contributed by atoms with Crippen LogP contribution in [0, 0.1) is 0 Å². The zero-order valence-corrected chi connectivity index (χ0v) is 14.5. The minimum Gasteiger partial charge on any atom is -0.376 e. The lowest BCUT2D eigenvalue weighted by Crippen LogP contribution is -2.22. The molecule has 0 spiro atoms. The van der Waals surface area contributed by atoms with Crippen LogP contribution in [0.4, 0.5) is 11.5 Å². The summed E-state index contributed by atoms with van der Waals surface area (Å²) in [4.78, 5) is 8.08. The molecule has 1 unspecified atom stereocenters. The quantitative estimate of drug-likeness (QED) is 0.798. The van der Waals surface area contributed by atoms with Crippen molar-refractivity contribution in [1.29, 1.82) is 0 Å². The van der Waals surface area contributed by atoms with E-state index in [4.69, 9.17) is 0 Å². The van der Waals surface area contributed by atoms with Gasteiger partial charge in [-0.25, -0.2) is 4.98 Å². The molecule has 0 amide bonds. The molecule has 0 aliphatic heterocycles. The largest absolute Gasteiger partial charge is 0.376 e. The summed E-state index contributed by atoms with van der Waals surface area (Å²) in [5.41, 5.74) is 1.05. The Hall–Kier alpha value is -1.07. The molecular formula is C15H20BrN3S. The average molecular weight is 354 g/mol. The maximum Gasteiger partial charge on any atom is 0.128 e. The molecule has 1 atom stereocenters. The summed E-state index contributed by atoms with van der Waals surface area (Å²) in [6, 6.07) is 8.68. The van der Waals surface area contributed by atoms with Gasteiger partial charge in [-0.2, -0.15) is 0 Å². The van der Waals surface area contributed by atoms with Crippen LogP contribution in [0.25, 0.3) is 0 Å². The topological polar surface area (TPSA) is 28.2 Å². The molecular weight excluding hydrogens is 334 g/mol. The molecule has 2 aromatic heterocycles. The lowest BCUT2D eigenvalue weighted by Gasteiger charge is -2.20. The van der Waals surface area contributed by atoms with E-state index in [-0.39, 0.29) is 6.04 Å². The van der Waals surface area contributed by atoms with Gasteiger partial charge < -0.3 is 10.2 Å². The second kappa shape index (κ2) is 7.09. The van der Waals surface area contributed by atoms with Crippen LogP contribution in [0.5, 0.6) is 0 Å². The van der Waals surface area contributed by atoms with Crippen LogP contribution in [0.1, 0.15) is 31.7 Å². The Morgan fingerprint density at radius 3 is 2.50 bits per heavy atom. The third kappa shape index (κ3) is 3.73. The Balaban J connectivity index is 2.03. The summed E-state index contributed by atoms with van der Waals surface area (Å²) < 4.78 is 1.16. The van der Waals surface area contributed by atoms with Gasteiger partial charge in [0.15, 0.2) is 0 Å². The lowest BCUT2D eigenvalue weighted by atomic mass is 10.2. The van der Waals surface area contributed by atoms with E-state index in [1.807, 2.05) is 6.20 Å². The Bertz CT molecular complexity index is 534. The number of rotatable bonds is 6. The molecule has 1 N–H and O–H groups in total. The maximum absolute atomic E-state index is 4.53. The molecule has 20 heavy (non-hydrogen) atoms. The van der Waals surface area contributed by atoms with Crippen LogP contribution in [0.15, 0.2) is 34.2 Å². The third-order valence-electron chi connectivity index (χ3n) is 3.24. The highest BCUT2D eigenvalue weighted by molar-refractivity contribution is 9.11. The maximum atomic E-state index is 4.53. The molecule has 0 radical (unpaired) electrons. The number of thiophene rings is 1. The molecule has 0 saturated carbocycles. The minimum absolute atomic E-state index is 0.285. The van der Waals surface area contributed by atoms with Gasteiger partial charge >= 0.3 is 0 Å². The predicted molar refractivity (Wildman–Crippen MR) is 91.9 cm³/mol. The first-order valence-electron chi connectivity index (χ1n) is 6.86. The molecule has 2 aromatic rings. The van der Waals surface area contributed by atoms with E-state index in [0.29, 0.717) is 0 Å². The lowest BCUT2D eigenvalue weighted by molar-refractivity contribution is 0.844. The first-order chi connectivity index (χ1) is 9.63. The number of anilines is 2. The van der Waals surface area contributed by atoms with Gasteiger partial charge in [-0.15, -0.1) is 11.3 Å². The van der Waals surface area contributed by atoms with Crippen molar-refractivity contribution in [2.45, 2.75) is 26.8 Å². The Morgan fingerprint density at radius 1 is 1.25 bits per heavy atom. The highest BCUT2D eigenvalue weighted by Gasteiger charge is 2.09. The van der Waals surface area contributed by atoms with Gasteiger partial charge in [0.2, 0.25) is 0 Å². The molecule has 0 fully saturated rings. The van der Waals surface area contributed by atoms with Crippen LogP contribution in [-0.2, 0) is 0 Å². The monoisotopic (exact) mass is 353 g/mol. The smallest absolute Gasteiger partial charge is 0.128 e. The van der Waals surface area contributed by atoms with Crippen LogP contribution < -0.4 is 10.2 Å². The summed E-state index contributed by atoms with van der Waals surface area (Å²) in [6.45, 7) is 8.42. The van der Waals surface area contributed by atoms with Crippen molar-refractivity contribution in [3.8, 4) is 0 Å². The predicted octanol–water partition coefficient (Wildman–Crippen LogP) is 4.92. The van der Waals surface area contributed by atoms with E-state index in [0.717, 1.165) is 28.4 Å². The number of hydrogen-bond donors (Lipinski definition) is 1. The van der Waals surface area contributed by atoms with E-state index in [2.05, 4.69) is 76.2 Å². The Labute approximate surface area is 133 Å². The summed E-state index contributed by atoms with van der Waals surface area (Å²) in [5.74, 6) is 1.03. The first kappa shape index (κ1) is 15.3. The fourth-order valence-corrected chi connectivity index (χ4v) is 3.51. The molecule has 0 aliphatic carbocycles. The molecule has 0 aromatic carbocycles. The minimum atomic E-state index is 0.285. The van der Waals surface area contributed by atoms with Crippen molar-refractivity contribution in [2.24, 2.45) is 0 Å². The number of aromatic nitrogens is 1. The summed E-state index contributed by atoms with van der Waals surface area (Å²) in [6.07, 6.45) is 1.91. The summed E-state index contributed by atoms with van der Waals surface area (Å²) in [5, 5.41) is 3.48. The Kier molecular flexibility index (Phi) is 5.43. The van der Waals surface area contributed by atoms with E-state index in [1.54, 1.807) is 11.3 Å². The fourth-order valence-electron chi connectivity index (χ4n) is 2.09. The van der Waals surface area contributed by atoms with E-state index in [9.17, 15) is 0 Å². The third-order valence-corrected chi connectivity index (χ3v) is 5.05. The van der Waals surface area contributed by atoms with Crippen LogP contribution in [-0.4, -0.2) is 18.1 Å². The second-order valence-corrected chi connectivity index (χ2v) is 7.08. The molecule has 2 heterocycles. The zero-order chi connectivity index (χ0) is 14.5. The average Bonchev–Trinajstić information content (AvgIpc) is 2.89. The SMILES string of the molecule is CCN(CC)c1ccc(NC(C)c2ccc(Br)s2)cn1. The van der Waals surface area contributed by atoms with Crippen molar-refractivity contribution in [2.75, 3.05) is 23.3 Å². The van der Waals surface area contributed by atoms with E-state index in [1.165, 1.54) is 4.88 Å². The van der Waals surface area contributed by atoms with Gasteiger partial charge in [-0.05, 0) is 61.0 Å². The molecule has 2 rings (SSSR count). The number of pyridine rings is 1. The first-order valence-corrected chi connectivity index (χ1v) is 8.47. The molecule has 108 valence electrons. The van der Waals surface area contributed by atoms with Crippen LogP contribution in [0.2, 0.25) is 0 Å². The Morgan fingerprint density at radius 2 is 2.00 bits per heavy atom. The highest BCUT2D eigenvalue weighted by Crippen LogP contribution is 2.29. The molecule has 0 bridgehead atoms. The standard InChI is InChI=1S/C15H20BrN3S/c1-4-19(5-2)15-9-6-12(10-17-15)18-11(3)13-7-8-14(16)20-13/h6-11,18H,4-5H2,1-3H3. The van der Waals surface area contributed by atoms with Gasteiger partial charge in [0.25, 0.3) is 0 Å². The van der Waals surface area contributed by atoms with Crippen molar-refractivity contribution in [3.63, 3.8) is 0 Å². The van der Waals surface area contributed by atoms with E-state index < -0.39 is 0 Å². The van der Waals surface area contributed by atoms with Gasteiger partial charge in [0, 0.05) is 18.0 Å². The zero-order valence-electron chi connectivity index (χ0n) is 12.1. The normalized spacial score (nSPS) is 12.2. The summed E-state index contributed by atoms with van der Waals surface area (Å²) in [7, 11) is 0.